The molecule has 1 N–H and O–H groups in total. The molecule has 0 radical (unpaired) electrons. The van der Waals surface area contributed by atoms with Gasteiger partial charge in [0.05, 0.1) is 28.1 Å². The fourth-order valence-corrected chi connectivity index (χ4v) is 3.16. The first-order valence-electron chi connectivity index (χ1n) is 8.25. The van der Waals surface area contributed by atoms with Gasteiger partial charge in [0.25, 0.3) is 5.69 Å². The van der Waals surface area contributed by atoms with E-state index in [9.17, 15) is 20.2 Å². The average molecular weight is 353 g/mol. The summed E-state index contributed by atoms with van der Waals surface area (Å²) >= 11 is 0. The third kappa shape index (κ3) is 3.28. The van der Waals surface area contributed by atoms with Crippen molar-refractivity contribution >= 4 is 28.3 Å². The summed E-state index contributed by atoms with van der Waals surface area (Å²) in [7, 11) is 0. The molecule has 2 heterocycles. The van der Waals surface area contributed by atoms with Crippen LogP contribution in [0.5, 0.6) is 0 Å². The van der Waals surface area contributed by atoms with Gasteiger partial charge in [0, 0.05) is 36.0 Å². The Morgan fingerprint density at radius 2 is 2.12 bits per heavy atom. The third-order valence-electron chi connectivity index (χ3n) is 4.41. The molecule has 8 nitrogen and oxygen atoms in total. The number of benzene rings is 1. The molecule has 1 aliphatic rings. The highest BCUT2D eigenvalue weighted by Gasteiger charge is 2.36. The van der Waals surface area contributed by atoms with Crippen molar-refractivity contribution in [2.24, 2.45) is 0 Å². The predicted molar refractivity (Wildman–Crippen MR) is 96.6 cm³/mol. The number of nitrogens with zero attached hydrogens (tertiary/aromatic N) is 4. The van der Waals surface area contributed by atoms with Crippen LogP contribution in [0.15, 0.2) is 24.3 Å². The zero-order valence-corrected chi connectivity index (χ0v) is 14.8. The van der Waals surface area contributed by atoms with Crippen molar-refractivity contribution in [1.82, 2.24) is 9.88 Å². The van der Waals surface area contributed by atoms with Crippen molar-refractivity contribution < 1.29 is 9.72 Å². The Hall–Kier alpha value is -3.21. The number of fused-ring (bicyclic) bond motifs is 1. The minimum Gasteiger partial charge on any atom is -0.365 e. The molecule has 1 aromatic heterocycles. The Labute approximate surface area is 150 Å². The average Bonchev–Trinajstić information content (AvgIpc) is 2.94. The number of amides is 1. The van der Waals surface area contributed by atoms with Crippen LogP contribution in [0, 0.1) is 21.4 Å². The zero-order chi connectivity index (χ0) is 19.1. The molecule has 26 heavy (non-hydrogen) atoms. The smallest absolute Gasteiger partial charge is 0.270 e. The van der Waals surface area contributed by atoms with Crippen LogP contribution < -0.4 is 5.32 Å². The van der Waals surface area contributed by atoms with Crippen LogP contribution in [0.2, 0.25) is 0 Å². The first-order valence-corrected chi connectivity index (χ1v) is 8.25. The van der Waals surface area contributed by atoms with E-state index in [1.165, 1.54) is 18.2 Å². The lowest BCUT2D eigenvalue weighted by Crippen LogP contribution is -2.43. The molecule has 1 amide bonds. The van der Waals surface area contributed by atoms with E-state index in [0.29, 0.717) is 35.2 Å². The van der Waals surface area contributed by atoms with Crippen molar-refractivity contribution in [2.75, 3.05) is 11.9 Å². The maximum Gasteiger partial charge on any atom is 0.270 e. The number of carbonyl (C=O) groups excluding carboxylic acids is 1. The highest BCUT2D eigenvalue weighted by molar-refractivity contribution is 5.88. The fourth-order valence-electron chi connectivity index (χ4n) is 3.16. The predicted octanol–water partition coefficient (Wildman–Crippen LogP) is 2.83. The van der Waals surface area contributed by atoms with Crippen LogP contribution in [0.1, 0.15) is 32.8 Å². The second-order valence-corrected chi connectivity index (χ2v) is 7.35. The van der Waals surface area contributed by atoms with E-state index >= 15 is 0 Å². The van der Waals surface area contributed by atoms with Gasteiger partial charge in [-0.3, -0.25) is 14.9 Å². The van der Waals surface area contributed by atoms with E-state index in [1.807, 2.05) is 25.7 Å². The third-order valence-corrected chi connectivity index (χ3v) is 4.41. The molecule has 1 atom stereocenters. The van der Waals surface area contributed by atoms with E-state index in [4.69, 9.17) is 0 Å². The fraction of sp³-hybridized carbons (Fsp3) is 0.389. The lowest BCUT2D eigenvalue weighted by molar-refractivity contribution is -0.384. The molecule has 134 valence electrons. The van der Waals surface area contributed by atoms with Gasteiger partial charge >= 0.3 is 0 Å². The second kappa shape index (κ2) is 6.26. The van der Waals surface area contributed by atoms with Crippen LogP contribution in [0.4, 0.5) is 11.5 Å². The summed E-state index contributed by atoms with van der Waals surface area (Å²) in [6.45, 7) is 6.52. The minimum absolute atomic E-state index is 0.0759. The van der Waals surface area contributed by atoms with Gasteiger partial charge in [-0.25, -0.2) is 4.98 Å². The Balaban J connectivity index is 1.90. The number of nitrogens with one attached hydrogen (secondary N) is 1. The van der Waals surface area contributed by atoms with Gasteiger partial charge in [0.2, 0.25) is 5.91 Å². The summed E-state index contributed by atoms with van der Waals surface area (Å²) in [4.78, 5) is 28.9. The van der Waals surface area contributed by atoms with Crippen LogP contribution in [0.3, 0.4) is 0 Å². The standard InChI is InChI=1S/C18H19N5O3/c1-18(2,3)22-10-12(7-17(22)24)20-16-6-11(9-19)14-8-13(23(25)26)4-5-15(14)21-16/h4-6,8,12H,7,10H2,1-3H3,(H,20,21). The van der Waals surface area contributed by atoms with Gasteiger partial charge in [-0.1, -0.05) is 0 Å². The SMILES string of the molecule is CC(C)(C)N1CC(Nc2cc(C#N)c3cc([N+](=O)[O-])ccc3n2)CC1=O. The molecule has 0 spiro atoms. The maximum absolute atomic E-state index is 12.2. The monoisotopic (exact) mass is 353 g/mol. The van der Waals surface area contributed by atoms with Gasteiger partial charge in [-0.15, -0.1) is 0 Å². The van der Waals surface area contributed by atoms with Gasteiger partial charge in [-0.05, 0) is 32.9 Å². The van der Waals surface area contributed by atoms with Gasteiger partial charge in [-0.2, -0.15) is 5.26 Å². The Morgan fingerprint density at radius 1 is 1.38 bits per heavy atom. The van der Waals surface area contributed by atoms with Crippen molar-refractivity contribution in [3.05, 3.63) is 39.9 Å². The Kier molecular flexibility index (Phi) is 4.24. The molecule has 3 rings (SSSR count). The number of likely N-dealkylation sites (tertiary alicyclic amines) is 1. The summed E-state index contributed by atoms with van der Waals surface area (Å²) < 4.78 is 0. The molecule has 1 aromatic carbocycles. The Morgan fingerprint density at radius 3 is 2.69 bits per heavy atom. The number of non-ortho nitro benzene ring substituents is 1. The van der Waals surface area contributed by atoms with Crippen LogP contribution in [0.25, 0.3) is 10.9 Å². The van der Waals surface area contributed by atoms with Crippen molar-refractivity contribution in [3.63, 3.8) is 0 Å². The molecule has 1 aliphatic heterocycles. The highest BCUT2D eigenvalue weighted by Crippen LogP contribution is 2.27. The van der Waals surface area contributed by atoms with Gasteiger partial charge in [0.1, 0.15) is 5.82 Å². The van der Waals surface area contributed by atoms with Crippen molar-refractivity contribution in [2.45, 2.75) is 38.8 Å². The van der Waals surface area contributed by atoms with Crippen LogP contribution in [-0.2, 0) is 4.79 Å². The quantitative estimate of drug-likeness (QED) is 0.671. The zero-order valence-electron chi connectivity index (χ0n) is 14.8. The number of nitriles is 1. The lowest BCUT2D eigenvalue weighted by Gasteiger charge is -2.32. The number of rotatable bonds is 3. The summed E-state index contributed by atoms with van der Waals surface area (Å²) in [5.74, 6) is 0.559. The molecule has 0 saturated carbocycles. The highest BCUT2D eigenvalue weighted by atomic mass is 16.6. The van der Waals surface area contributed by atoms with Gasteiger partial charge in [0.15, 0.2) is 0 Å². The van der Waals surface area contributed by atoms with Crippen LogP contribution in [-0.4, -0.2) is 38.8 Å². The van der Waals surface area contributed by atoms with E-state index in [1.54, 1.807) is 6.07 Å². The summed E-state index contributed by atoms with van der Waals surface area (Å²) in [5, 5.41) is 24.0. The van der Waals surface area contributed by atoms with E-state index in [2.05, 4.69) is 16.4 Å². The molecule has 0 bridgehead atoms. The molecular weight excluding hydrogens is 334 g/mol. The largest absolute Gasteiger partial charge is 0.365 e. The van der Waals surface area contributed by atoms with E-state index in [0.717, 1.165) is 0 Å². The molecule has 2 aromatic rings. The number of pyridine rings is 1. The number of anilines is 1. The number of nitro benzene ring substituents is 1. The first kappa shape index (κ1) is 17.6. The molecule has 1 saturated heterocycles. The number of nitro groups is 1. The second-order valence-electron chi connectivity index (χ2n) is 7.35. The molecule has 8 heteroatoms. The first-order chi connectivity index (χ1) is 12.2. The van der Waals surface area contributed by atoms with Crippen molar-refractivity contribution in [3.8, 4) is 6.07 Å². The Bertz CT molecular complexity index is 942. The van der Waals surface area contributed by atoms with E-state index < -0.39 is 4.92 Å². The summed E-state index contributed by atoms with van der Waals surface area (Å²) in [6, 6.07) is 7.77. The minimum atomic E-state index is -0.502. The topological polar surface area (TPSA) is 112 Å². The summed E-state index contributed by atoms with van der Waals surface area (Å²) in [6.07, 6.45) is 0.360. The number of carbonyl (C=O) groups is 1. The molecule has 0 aliphatic carbocycles. The lowest BCUT2D eigenvalue weighted by atomic mass is 10.1. The molecular formula is C18H19N5O3. The van der Waals surface area contributed by atoms with E-state index in [-0.39, 0.29) is 23.2 Å². The van der Waals surface area contributed by atoms with Crippen molar-refractivity contribution in [1.29, 1.82) is 5.26 Å². The maximum atomic E-state index is 12.2. The summed E-state index contributed by atoms with van der Waals surface area (Å²) in [5.41, 5.74) is 0.465. The number of hydrogen-bond donors (Lipinski definition) is 1. The number of aromatic nitrogens is 1. The van der Waals surface area contributed by atoms with Crippen LogP contribution >= 0.6 is 0 Å². The normalized spacial score (nSPS) is 17.4. The number of hydrogen-bond acceptors (Lipinski definition) is 6. The molecule has 1 unspecified atom stereocenters. The molecule has 1 fully saturated rings. The van der Waals surface area contributed by atoms with Gasteiger partial charge < -0.3 is 10.2 Å².